The molecule has 2 heterocycles. The Labute approximate surface area is 130 Å². The Balaban J connectivity index is 1.92. The van der Waals surface area contributed by atoms with Gasteiger partial charge in [0.1, 0.15) is 5.15 Å². The molecular formula is C13H11ClN4S2. The standard InChI is InChI=1S/C13H11ClN4S2/c1-19-12-15-10(14)7-11-16-17-13(18(11)12)20-8-9-5-3-2-4-6-9/h2-7H,8H2,1H3. The lowest BCUT2D eigenvalue weighted by molar-refractivity contribution is 0.805. The second-order valence-electron chi connectivity index (χ2n) is 4.02. The van der Waals surface area contributed by atoms with E-state index in [1.54, 1.807) is 17.8 Å². The van der Waals surface area contributed by atoms with E-state index in [1.165, 1.54) is 17.3 Å². The van der Waals surface area contributed by atoms with Gasteiger partial charge >= 0.3 is 0 Å². The third kappa shape index (κ3) is 2.77. The summed E-state index contributed by atoms with van der Waals surface area (Å²) in [7, 11) is 0. The fraction of sp³-hybridized carbons (Fsp3) is 0.154. The second kappa shape index (κ2) is 6.03. The second-order valence-corrected chi connectivity index (χ2v) is 6.12. The average Bonchev–Trinajstić information content (AvgIpc) is 2.88. The van der Waals surface area contributed by atoms with E-state index in [9.17, 15) is 0 Å². The lowest BCUT2D eigenvalue weighted by Gasteiger charge is -2.04. The highest BCUT2D eigenvalue weighted by atomic mass is 35.5. The van der Waals surface area contributed by atoms with E-state index in [0.29, 0.717) is 5.15 Å². The minimum absolute atomic E-state index is 0.439. The lowest BCUT2D eigenvalue weighted by Crippen LogP contribution is -1.96. The van der Waals surface area contributed by atoms with Crippen molar-refractivity contribution in [1.82, 2.24) is 19.6 Å². The van der Waals surface area contributed by atoms with E-state index >= 15 is 0 Å². The Morgan fingerprint density at radius 3 is 2.70 bits per heavy atom. The maximum Gasteiger partial charge on any atom is 0.198 e. The van der Waals surface area contributed by atoms with Crippen molar-refractivity contribution < 1.29 is 0 Å². The van der Waals surface area contributed by atoms with Crippen LogP contribution in [0.3, 0.4) is 0 Å². The molecule has 0 fully saturated rings. The molecule has 4 nitrogen and oxygen atoms in total. The molecule has 3 rings (SSSR count). The zero-order valence-electron chi connectivity index (χ0n) is 10.7. The first-order valence-corrected chi connectivity index (χ1v) is 8.49. The van der Waals surface area contributed by atoms with Gasteiger partial charge < -0.3 is 0 Å². The van der Waals surface area contributed by atoms with Crippen LogP contribution in [0.1, 0.15) is 5.56 Å². The topological polar surface area (TPSA) is 43.1 Å². The highest BCUT2D eigenvalue weighted by Gasteiger charge is 2.12. The van der Waals surface area contributed by atoms with Gasteiger partial charge in [-0.05, 0) is 11.8 Å². The van der Waals surface area contributed by atoms with Crippen molar-refractivity contribution in [3.8, 4) is 0 Å². The van der Waals surface area contributed by atoms with Crippen molar-refractivity contribution >= 4 is 40.8 Å². The number of fused-ring (bicyclic) bond motifs is 1. The van der Waals surface area contributed by atoms with Gasteiger partial charge in [-0.3, -0.25) is 0 Å². The minimum Gasteiger partial charge on any atom is -0.248 e. The number of benzene rings is 1. The molecule has 0 amide bonds. The van der Waals surface area contributed by atoms with Crippen molar-refractivity contribution in [2.75, 3.05) is 6.26 Å². The summed E-state index contributed by atoms with van der Waals surface area (Å²) in [6, 6.07) is 12.0. The first-order valence-electron chi connectivity index (χ1n) is 5.90. The number of aromatic nitrogens is 4. The zero-order chi connectivity index (χ0) is 13.9. The number of rotatable bonds is 4. The van der Waals surface area contributed by atoms with Gasteiger partial charge in [0.2, 0.25) is 0 Å². The van der Waals surface area contributed by atoms with Crippen LogP contribution in [0.15, 0.2) is 46.7 Å². The van der Waals surface area contributed by atoms with E-state index < -0.39 is 0 Å². The summed E-state index contributed by atoms with van der Waals surface area (Å²) in [6.45, 7) is 0. The molecule has 0 spiro atoms. The van der Waals surface area contributed by atoms with Gasteiger partial charge in [0.25, 0.3) is 0 Å². The summed E-state index contributed by atoms with van der Waals surface area (Å²) in [6.07, 6.45) is 1.96. The minimum atomic E-state index is 0.439. The Kier molecular flexibility index (Phi) is 4.14. The van der Waals surface area contributed by atoms with Crippen LogP contribution in [0.25, 0.3) is 5.65 Å². The Bertz CT molecular complexity index is 730. The normalized spacial score (nSPS) is 11.1. The average molecular weight is 323 g/mol. The fourth-order valence-electron chi connectivity index (χ4n) is 1.79. The maximum absolute atomic E-state index is 5.97. The van der Waals surface area contributed by atoms with E-state index in [1.807, 2.05) is 28.9 Å². The van der Waals surface area contributed by atoms with Gasteiger partial charge in [0.05, 0.1) is 0 Å². The molecule has 0 radical (unpaired) electrons. The summed E-state index contributed by atoms with van der Waals surface area (Å²) in [4.78, 5) is 4.31. The largest absolute Gasteiger partial charge is 0.248 e. The summed E-state index contributed by atoms with van der Waals surface area (Å²) < 4.78 is 1.93. The van der Waals surface area contributed by atoms with Crippen molar-refractivity contribution in [2.45, 2.75) is 16.1 Å². The molecule has 3 aromatic rings. The van der Waals surface area contributed by atoms with Crippen LogP contribution in [0, 0.1) is 0 Å². The zero-order valence-corrected chi connectivity index (χ0v) is 13.0. The van der Waals surface area contributed by atoms with Crippen molar-refractivity contribution in [1.29, 1.82) is 0 Å². The van der Waals surface area contributed by atoms with Crippen molar-refractivity contribution in [3.63, 3.8) is 0 Å². The molecule has 0 aliphatic rings. The Hall–Kier alpha value is -1.24. The predicted octanol–water partition coefficient (Wildman–Crippen LogP) is 3.79. The molecule has 0 unspecified atom stereocenters. The van der Waals surface area contributed by atoms with Gasteiger partial charge in [-0.25, -0.2) is 9.38 Å². The summed E-state index contributed by atoms with van der Waals surface area (Å²) in [5.74, 6) is 0.845. The van der Waals surface area contributed by atoms with E-state index in [0.717, 1.165) is 21.7 Å². The SMILES string of the molecule is CSc1nc(Cl)cc2nnc(SCc3ccccc3)n12. The van der Waals surface area contributed by atoms with Gasteiger partial charge in [0.15, 0.2) is 16.0 Å². The summed E-state index contributed by atoms with van der Waals surface area (Å²) in [5, 5.41) is 10.4. The molecule has 0 aliphatic carbocycles. The molecule has 0 atom stereocenters. The van der Waals surface area contributed by atoms with Gasteiger partial charge in [0, 0.05) is 11.8 Å². The lowest BCUT2D eigenvalue weighted by atomic mass is 10.2. The van der Waals surface area contributed by atoms with E-state index in [4.69, 9.17) is 11.6 Å². The maximum atomic E-state index is 5.97. The van der Waals surface area contributed by atoms with Crippen LogP contribution in [0.4, 0.5) is 0 Å². The van der Waals surface area contributed by atoms with E-state index in [-0.39, 0.29) is 0 Å². The molecule has 7 heteroatoms. The molecule has 0 bridgehead atoms. The molecule has 0 N–H and O–H groups in total. The number of hydrogen-bond donors (Lipinski definition) is 0. The first kappa shape index (κ1) is 13.7. The number of thioether (sulfide) groups is 2. The molecular weight excluding hydrogens is 312 g/mol. The quantitative estimate of drug-likeness (QED) is 0.415. The number of nitrogens with zero attached hydrogens (tertiary/aromatic N) is 4. The number of halogens is 1. The highest BCUT2D eigenvalue weighted by molar-refractivity contribution is 7.99. The van der Waals surface area contributed by atoms with E-state index in [2.05, 4.69) is 27.3 Å². The van der Waals surface area contributed by atoms with Gasteiger partial charge in [-0.2, -0.15) is 0 Å². The van der Waals surface area contributed by atoms with Crippen LogP contribution in [-0.2, 0) is 5.75 Å². The van der Waals surface area contributed by atoms with Gasteiger partial charge in [-0.15, -0.1) is 10.2 Å². The van der Waals surface area contributed by atoms with Crippen LogP contribution in [0.5, 0.6) is 0 Å². The van der Waals surface area contributed by atoms with Crippen LogP contribution in [-0.4, -0.2) is 25.8 Å². The molecule has 102 valence electrons. The predicted molar refractivity (Wildman–Crippen MR) is 83.6 cm³/mol. The van der Waals surface area contributed by atoms with Crippen LogP contribution in [0.2, 0.25) is 5.15 Å². The van der Waals surface area contributed by atoms with Gasteiger partial charge in [-0.1, -0.05) is 65.5 Å². The number of hydrogen-bond acceptors (Lipinski definition) is 5. The molecule has 2 aromatic heterocycles. The Morgan fingerprint density at radius 2 is 1.95 bits per heavy atom. The smallest absolute Gasteiger partial charge is 0.198 e. The molecule has 0 saturated heterocycles. The molecule has 0 saturated carbocycles. The molecule has 1 aromatic carbocycles. The van der Waals surface area contributed by atoms with Crippen LogP contribution >= 0.6 is 35.1 Å². The highest BCUT2D eigenvalue weighted by Crippen LogP contribution is 2.26. The Morgan fingerprint density at radius 1 is 1.15 bits per heavy atom. The van der Waals surface area contributed by atoms with Crippen molar-refractivity contribution in [2.24, 2.45) is 0 Å². The monoisotopic (exact) mass is 322 g/mol. The van der Waals surface area contributed by atoms with Crippen LogP contribution < -0.4 is 0 Å². The summed E-state index contributed by atoms with van der Waals surface area (Å²) >= 11 is 9.14. The van der Waals surface area contributed by atoms with Crippen molar-refractivity contribution in [3.05, 3.63) is 47.1 Å². The molecule has 20 heavy (non-hydrogen) atoms. The third-order valence-corrected chi connectivity index (χ3v) is 4.53. The summed E-state index contributed by atoms with van der Waals surface area (Å²) in [5.41, 5.74) is 1.98. The third-order valence-electron chi connectivity index (χ3n) is 2.69. The first-order chi connectivity index (χ1) is 9.78. The molecule has 0 aliphatic heterocycles. The fourth-order valence-corrected chi connectivity index (χ4v) is 3.52.